The van der Waals surface area contributed by atoms with E-state index in [1.807, 2.05) is 0 Å². The van der Waals surface area contributed by atoms with Gasteiger partial charge < -0.3 is 14.9 Å². The minimum Gasteiger partial charge on any atom is -0.478 e. The molecule has 6 aliphatic rings. The SMILES string of the molecule is C[C@@H]1CC[C@@]2(NC1)O[C@H]1C[C@H]3[C@@H]4CC=C5C[C@@H](O)CC[C@]5(C)[C@H]4CC[C@]3(C)[C@H]1[C@@H]2C.O=C(O)c1ccccc1. The van der Waals surface area contributed by atoms with Crippen molar-refractivity contribution in [2.24, 2.45) is 46.3 Å². The fourth-order valence-corrected chi connectivity index (χ4v) is 10.4. The molecule has 1 spiro atoms. The number of carboxylic acids is 1. The van der Waals surface area contributed by atoms with Gasteiger partial charge in [-0.2, -0.15) is 0 Å². The van der Waals surface area contributed by atoms with Gasteiger partial charge in [0.05, 0.1) is 17.8 Å². The molecule has 1 aromatic carbocycles. The molecule has 2 aliphatic heterocycles. The highest BCUT2D eigenvalue weighted by Gasteiger charge is 2.68. The number of hydrogen-bond donors (Lipinski definition) is 3. The molecule has 2 heterocycles. The minimum atomic E-state index is -0.879. The van der Waals surface area contributed by atoms with Gasteiger partial charge in [-0.3, -0.25) is 5.32 Å². The first-order chi connectivity index (χ1) is 18.6. The molecule has 0 radical (unpaired) electrons. The number of piperidine rings is 1. The number of aromatic carboxylic acids is 1. The van der Waals surface area contributed by atoms with Gasteiger partial charge in [0, 0.05) is 12.5 Å². The molecule has 7 rings (SSSR count). The van der Waals surface area contributed by atoms with Crippen LogP contribution >= 0.6 is 0 Å². The summed E-state index contributed by atoms with van der Waals surface area (Å²) < 4.78 is 7.00. The van der Waals surface area contributed by atoms with Crippen LogP contribution in [0.1, 0.15) is 95.8 Å². The number of aliphatic hydroxyl groups is 1. The van der Waals surface area contributed by atoms with Crippen LogP contribution in [0.3, 0.4) is 0 Å². The molecule has 11 atom stereocenters. The number of aliphatic hydroxyl groups excluding tert-OH is 1. The van der Waals surface area contributed by atoms with Crippen molar-refractivity contribution in [1.82, 2.24) is 5.32 Å². The maximum Gasteiger partial charge on any atom is 0.335 e. The summed E-state index contributed by atoms with van der Waals surface area (Å²) in [6.07, 6.45) is 13.8. The first-order valence-corrected chi connectivity index (χ1v) is 15.7. The lowest BCUT2D eigenvalue weighted by atomic mass is 9.47. The predicted molar refractivity (Wildman–Crippen MR) is 153 cm³/mol. The maximum atomic E-state index is 10.3. The number of ether oxygens (including phenoxy) is 1. The molecule has 3 N–H and O–H groups in total. The highest BCUT2D eigenvalue weighted by atomic mass is 16.5. The lowest BCUT2D eigenvalue weighted by molar-refractivity contribution is -0.115. The van der Waals surface area contributed by atoms with Crippen molar-refractivity contribution in [3.8, 4) is 0 Å². The molecular weight excluding hydrogens is 486 g/mol. The molecular formula is C34H49NO4. The number of rotatable bonds is 1. The smallest absolute Gasteiger partial charge is 0.335 e. The Bertz CT molecular complexity index is 1090. The lowest BCUT2D eigenvalue weighted by Gasteiger charge is -2.58. The van der Waals surface area contributed by atoms with Crippen molar-refractivity contribution in [3.05, 3.63) is 47.5 Å². The summed E-state index contributed by atoms with van der Waals surface area (Å²) in [5, 5.41) is 22.5. The first kappa shape index (κ1) is 27.5. The Labute approximate surface area is 234 Å². The normalized spacial score (nSPS) is 48.1. The average Bonchev–Trinajstić information content (AvgIpc) is 3.37. The zero-order valence-electron chi connectivity index (χ0n) is 24.4. The minimum absolute atomic E-state index is 0.0439. The van der Waals surface area contributed by atoms with Gasteiger partial charge in [0.2, 0.25) is 0 Å². The van der Waals surface area contributed by atoms with Gasteiger partial charge in [0.25, 0.3) is 0 Å². The summed E-state index contributed by atoms with van der Waals surface area (Å²) in [6.45, 7) is 11.2. The third kappa shape index (κ3) is 4.42. The topological polar surface area (TPSA) is 78.8 Å². The molecule has 0 aromatic heterocycles. The second-order valence-corrected chi connectivity index (χ2v) is 14.5. The van der Waals surface area contributed by atoms with Crippen LogP contribution in [0.5, 0.6) is 0 Å². The average molecular weight is 536 g/mol. The molecule has 5 fully saturated rings. The summed E-state index contributed by atoms with van der Waals surface area (Å²) in [7, 11) is 0. The molecule has 2 saturated heterocycles. The van der Waals surface area contributed by atoms with Crippen molar-refractivity contribution in [2.45, 2.75) is 103 Å². The molecule has 5 nitrogen and oxygen atoms in total. The Hall–Kier alpha value is -1.69. The summed E-state index contributed by atoms with van der Waals surface area (Å²) >= 11 is 0. The van der Waals surface area contributed by atoms with E-state index in [1.165, 1.54) is 44.9 Å². The van der Waals surface area contributed by atoms with Gasteiger partial charge in [-0.25, -0.2) is 4.79 Å². The molecule has 39 heavy (non-hydrogen) atoms. The van der Waals surface area contributed by atoms with E-state index in [9.17, 15) is 9.90 Å². The number of hydrogen-bond acceptors (Lipinski definition) is 4. The van der Waals surface area contributed by atoms with Crippen LogP contribution < -0.4 is 5.32 Å². The first-order valence-electron chi connectivity index (χ1n) is 15.7. The quantitative estimate of drug-likeness (QED) is 0.350. The molecule has 0 unspecified atom stereocenters. The van der Waals surface area contributed by atoms with Gasteiger partial charge in [0.1, 0.15) is 5.72 Å². The van der Waals surface area contributed by atoms with E-state index in [0.29, 0.717) is 28.4 Å². The number of carboxylic acid groups (broad SMARTS) is 1. The highest BCUT2D eigenvalue weighted by molar-refractivity contribution is 5.87. The Balaban J connectivity index is 0.000000263. The van der Waals surface area contributed by atoms with Gasteiger partial charge in [0.15, 0.2) is 0 Å². The molecule has 5 heteroatoms. The number of carbonyl (C=O) groups is 1. The number of nitrogens with one attached hydrogen (secondary N) is 1. The van der Waals surface area contributed by atoms with E-state index in [0.717, 1.165) is 49.0 Å². The Morgan fingerprint density at radius 3 is 2.46 bits per heavy atom. The maximum absolute atomic E-state index is 10.3. The van der Waals surface area contributed by atoms with E-state index in [-0.39, 0.29) is 11.8 Å². The van der Waals surface area contributed by atoms with Crippen molar-refractivity contribution >= 4 is 5.97 Å². The van der Waals surface area contributed by atoms with Crippen LogP contribution in [-0.4, -0.2) is 40.7 Å². The third-order valence-corrected chi connectivity index (χ3v) is 12.6. The summed E-state index contributed by atoms with van der Waals surface area (Å²) in [6, 6.07) is 8.30. The van der Waals surface area contributed by atoms with Crippen LogP contribution in [-0.2, 0) is 4.74 Å². The Morgan fingerprint density at radius 2 is 1.79 bits per heavy atom. The van der Waals surface area contributed by atoms with Crippen LogP contribution in [0.2, 0.25) is 0 Å². The second kappa shape index (κ2) is 9.99. The highest BCUT2D eigenvalue weighted by Crippen LogP contribution is 2.70. The van der Waals surface area contributed by atoms with Crippen LogP contribution in [0.25, 0.3) is 0 Å². The number of fused-ring (bicyclic) bond motifs is 7. The standard InChI is InChI=1S/C27H43NO2.C7H6O2/c1-16-7-12-27(28-15-16)17(2)24-23(30-27)14-22-20-6-5-18-13-19(29)8-10-25(18,3)21(20)9-11-26(22,24)4;8-7(9)6-4-2-1-3-5-6/h5,16-17,19-24,28-29H,6-15H2,1-4H3;1-5H,(H,8,9)/t16-,17+,19+,20-,21+,22+,23+,24+,25+,26+,27-;/m1./s1. The predicted octanol–water partition coefficient (Wildman–Crippen LogP) is 6.67. The lowest BCUT2D eigenvalue weighted by Crippen LogP contribution is -2.57. The van der Waals surface area contributed by atoms with E-state index in [2.05, 4.69) is 39.1 Å². The van der Waals surface area contributed by atoms with Crippen molar-refractivity contribution in [3.63, 3.8) is 0 Å². The zero-order valence-corrected chi connectivity index (χ0v) is 24.4. The van der Waals surface area contributed by atoms with Crippen LogP contribution in [0, 0.1) is 46.3 Å². The van der Waals surface area contributed by atoms with E-state index in [4.69, 9.17) is 9.84 Å². The van der Waals surface area contributed by atoms with E-state index >= 15 is 0 Å². The van der Waals surface area contributed by atoms with E-state index in [1.54, 1.807) is 35.9 Å². The Morgan fingerprint density at radius 1 is 1.03 bits per heavy atom. The van der Waals surface area contributed by atoms with Crippen LogP contribution in [0.4, 0.5) is 0 Å². The van der Waals surface area contributed by atoms with Gasteiger partial charge in [-0.05, 0) is 110 Å². The third-order valence-electron chi connectivity index (χ3n) is 12.6. The fraction of sp³-hybridized carbons (Fsp3) is 0.735. The van der Waals surface area contributed by atoms with Gasteiger partial charge in [-0.1, -0.05) is 57.5 Å². The molecule has 3 saturated carbocycles. The monoisotopic (exact) mass is 535 g/mol. The molecule has 214 valence electrons. The van der Waals surface area contributed by atoms with Crippen molar-refractivity contribution in [2.75, 3.05) is 6.54 Å². The molecule has 0 bridgehead atoms. The zero-order chi connectivity index (χ0) is 27.6. The summed E-state index contributed by atoms with van der Waals surface area (Å²) in [4.78, 5) is 10.2. The largest absolute Gasteiger partial charge is 0.478 e. The van der Waals surface area contributed by atoms with Crippen molar-refractivity contribution < 1.29 is 19.7 Å². The summed E-state index contributed by atoms with van der Waals surface area (Å²) in [5.41, 5.74) is 2.66. The van der Waals surface area contributed by atoms with Crippen LogP contribution in [0.15, 0.2) is 42.0 Å². The fourth-order valence-electron chi connectivity index (χ4n) is 10.4. The second-order valence-electron chi connectivity index (χ2n) is 14.5. The number of allylic oxidation sites excluding steroid dienone is 1. The van der Waals surface area contributed by atoms with Gasteiger partial charge >= 0.3 is 5.97 Å². The van der Waals surface area contributed by atoms with Crippen molar-refractivity contribution in [1.29, 1.82) is 0 Å². The Kier molecular flexibility index (Phi) is 7.04. The summed E-state index contributed by atoms with van der Waals surface area (Å²) in [5.74, 6) is 3.70. The van der Waals surface area contributed by atoms with Gasteiger partial charge in [-0.15, -0.1) is 0 Å². The molecule has 4 aliphatic carbocycles. The number of benzene rings is 1. The van der Waals surface area contributed by atoms with E-state index < -0.39 is 5.97 Å². The molecule has 0 amide bonds. The molecule has 1 aromatic rings.